The van der Waals surface area contributed by atoms with Crippen LogP contribution in [-0.4, -0.2) is 22.8 Å². The van der Waals surface area contributed by atoms with Gasteiger partial charge in [0.05, 0.1) is 0 Å². The standard InChI is InChI=1S/C22H23N3O2/c1-14(26)24-21(12-17-13-23-20-8-3-2-7-19(17)20)22(27)25-18-10-9-15-5-4-6-16(15)11-18/h2-3,7-11,13,21,23H,4-6,12H2,1H3,(H,24,26)(H,25,27). The Morgan fingerprint density at radius 1 is 1.11 bits per heavy atom. The molecule has 27 heavy (non-hydrogen) atoms. The lowest BCUT2D eigenvalue weighted by Crippen LogP contribution is -2.44. The molecule has 3 N–H and O–H groups in total. The maximum atomic E-state index is 12.9. The SMILES string of the molecule is CC(=O)NC(Cc1c[nH]c2ccccc12)C(=O)Nc1ccc2c(c1)CCC2. The van der Waals surface area contributed by atoms with Crippen molar-refractivity contribution < 1.29 is 9.59 Å². The third kappa shape index (κ3) is 3.72. The Balaban J connectivity index is 1.54. The summed E-state index contributed by atoms with van der Waals surface area (Å²) in [6.45, 7) is 1.44. The van der Waals surface area contributed by atoms with Crippen molar-refractivity contribution in [2.24, 2.45) is 0 Å². The van der Waals surface area contributed by atoms with Gasteiger partial charge in [-0.05, 0) is 54.2 Å². The van der Waals surface area contributed by atoms with Crippen molar-refractivity contribution in [2.45, 2.75) is 38.6 Å². The molecule has 0 saturated carbocycles. The molecule has 2 aromatic carbocycles. The number of hydrogen-bond donors (Lipinski definition) is 3. The predicted molar refractivity (Wildman–Crippen MR) is 107 cm³/mol. The Kier molecular flexibility index (Phi) is 4.67. The van der Waals surface area contributed by atoms with Gasteiger partial charge in [-0.2, -0.15) is 0 Å². The lowest BCUT2D eigenvalue weighted by Gasteiger charge is -2.18. The van der Waals surface area contributed by atoms with Gasteiger partial charge in [0.1, 0.15) is 6.04 Å². The van der Waals surface area contributed by atoms with Crippen molar-refractivity contribution in [1.82, 2.24) is 10.3 Å². The third-order valence-electron chi connectivity index (χ3n) is 5.16. The number of hydrogen-bond acceptors (Lipinski definition) is 2. The third-order valence-corrected chi connectivity index (χ3v) is 5.16. The number of para-hydroxylation sites is 1. The minimum Gasteiger partial charge on any atom is -0.361 e. The fraction of sp³-hybridized carbons (Fsp3) is 0.273. The van der Waals surface area contributed by atoms with Crippen LogP contribution in [0.15, 0.2) is 48.7 Å². The van der Waals surface area contributed by atoms with Crippen molar-refractivity contribution >= 4 is 28.4 Å². The van der Waals surface area contributed by atoms with Gasteiger partial charge in [-0.15, -0.1) is 0 Å². The molecule has 0 aliphatic heterocycles. The quantitative estimate of drug-likeness (QED) is 0.652. The van der Waals surface area contributed by atoms with Gasteiger partial charge < -0.3 is 15.6 Å². The number of aromatic nitrogens is 1. The van der Waals surface area contributed by atoms with E-state index in [0.717, 1.165) is 35.0 Å². The molecular formula is C22H23N3O2. The molecule has 5 nitrogen and oxygen atoms in total. The van der Waals surface area contributed by atoms with Crippen LogP contribution in [0.4, 0.5) is 5.69 Å². The Morgan fingerprint density at radius 3 is 2.78 bits per heavy atom. The topological polar surface area (TPSA) is 74.0 Å². The largest absolute Gasteiger partial charge is 0.361 e. The van der Waals surface area contributed by atoms with E-state index in [1.807, 2.05) is 36.5 Å². The van der Waals surface area contributed by atoms with Gasteiger partial charge in [0.25, 0.3) is 0 Å². The Hall–Kier alpha value is -3.08. The number of fused-ring (bicyclic) bond motifs is 2. The second-order valence-corrected chi connectivity index (χ2v) is 7.14. The highest BCUT2D eigenvalue weighted by molar-refractivity contribution is 5.97. The summed E-state index contributed by atoms with van der Waals surface area (Å²) in [5.41, 5.74) is 5.49. The summed E-state index contributed by atoms with van der Waals surface area (Å²) in [5.74, 6) is -0.419. The molecule has 4 rings (SSSR count). The zero-order chi connectivity index (χ0) is 18.8. The van der Waals surface area contributed by atoms with Crippen LogP contribution in [0.25, 0.3) is 10.9 Å². The molecule has 0 radical (unpaired) electrons. The first kappa shape index (κ1) is 17.3. The van der Waals surface area contributed by atoms with E-state index in [9.17, 15) is 9.59 Å². The van der Waals surface area contributed by atoms with E-state index >= 15 is 0 Å². The Bertz CT molecular complexity index is 1010. The molecule has 1 aliphatic rings. The van der Waals surface area contributed by atoms with Gasteiger partial charge in [-0.25, -0.2) is 0 Å². The van der Waals surface area contributed by atoms with E-state index in [4.69, 9.17) is 0 Å². The summed E-state index contributed by atoms with van der Waals surface area (Å²) < 4.78 is 0. The lowest BCUT2D eigenvalue weighted by molar-refractivity contribution is -0.125. The normalized spacial score (nSPS) is 14.0. The number of aryl methyl sites for hydroxylation is 2. The van der Waals surface area contributed by atoms with E-state index < -0.39 is 6.04 Å². The zero-order valence-corrected chi connectivity index (χ0v) is 15.3. The molecule has 1 aliphatic carbocycles. The van der Waals surface area contributed by atoms with Gasteiger partial charge in [0.15, 0.2) is 0 Å². The van der Waals surface area contributed by atoms with Crippen molar-refractivity contribution in [1.29, 1.82) is 0 Å². The molecule has 0 bridgehead atoms. The molecule has 3 aromatic rings. The van der Waals surface area contributed by atoms with Gasteiger partial charge in [-0.3, -0.25) is 9.59 Å². The number of anilines is 1. The fourth-order valence-corrected chi connectivity index (χ4v) is 3.85. The number of benzene rings is 2. The zero-order valence-electron chi connectivity index (χ0n) is 15.3. The van der Waals surface area contributed by atoms with Crippen LogP contribution in [0.1, 0.15) is 30.0 Å². The molecule has 0 fully saturated rings. The van der Waals surface area contributed by atoms with Gasteiger partial charge in [-0.1, -0.05) is 24.3 Å². The minimum absolute atomic E-state index is 0.201. The van der Waals surface area contributed by atoms with Gasteiger partial charge in [0, 0.05) is 36.1 Å². The number of amides is 2. The van der Waals surface area contributed by atoms with E-state index in [-0.39, 0.29) is 11.8 Å². The summed E-state index contributed by atoms with van der Waals surface area (Å²) in [6, 6.07) is 13.4. The summed E-state index contributed by atoms with van der Waals surface area (Å²) in [5, 5.41) is 6.83. The highest BCUT2D eigenvalue weighted by Gasteiger charge is 2.22. The van der Waals surface area contributed by atoms with Crippen LogP contribution >= 0.6 is 0 Å². The van der Waals surface area contributed by atoms with Crippen LogP contribution in [0.5, 0.6) is 0 Å². The molecule has 1 aromatic heterocycles. The summed E-state index contributed by atoms with van der Waals surface area (Å²) >= 11 is 0. The summed E-state index contributed by atoms with van der Waals surface area (Å²) in [4.78, 5) is 27.8. The minimum atomic E-state index is -0.630. The van der Waals surface area contributed by atoms with Crippen molar-refractivity contribution in [3.63, 3.8) is 0 Å². The molecule has 0 spiro atoms. The highest BCUT2D eigenvalue weighted by Crippen LogP contribution is 2.25. The number of carbonyl (C=O) groups is 2. The molecule has 1 unspecified atom stereocenters. The first-order valence-electron chi connectivity index (χ1n) is 9.35. The van der Waals surface area contributed by atoms with Gasteiger partial charge in [0.2, 0.25) is 11.8 Å². The Labute approximate surface area is 158 Å². The van der Waals surface area contributed by atoms with Crippen LogP contribution in [-0.2, 0) is 28.9 Å². The van der Waals surface area contributed by atoms with E-state index in [1.165, 1.54) is 24.5 Å². The Morgan fingerprint density at radius 2 is 1.93 bits per heavy atom. The molecule has 0 saturated heterocycles. The van der Waals surface area contributed by atoms with Crippen LogP contribution in [0.3, 0.4) is 0 Å². The molecule has 1 atom stereocenters. The summed E-state index contributed by atoms with van der Waals surface area (Å²) in [7, 11) is 0. The maximum Gasteiger partial charge on any atom is 0.247 e. The second kappa shape index (κ2) is 7.27. The van der Waals surface area contributed by atoms with Crippen LogP contribution < -0.4 is 10.6 Å². The van der Waals surface area contributed by atoms with Crippen LogP contribution in [0, 0.1) is 0 Å². The van der Waals surface area contributed by atoms with Crippen LogP contribution in [0.2, 0.25) is 0 Å². The van der Waals surface area contributed by atoms with E-state index in [1.54, 1.807) is 0 Å². The smallest absolute Gasteiger partial charge is 0.247 e. The van der Waals surface area contributed by atoms with Crippen molar-refractivity contribution in [3.05, 3.63) is 65.4 Å². The second-order valence-electron chi connectivity index (χ2n) is 7.14. The first-order chi connectivity index (χ1) is 13.1. The summed E-state index contributed by atoms with van der Waals surface area (Å²) in [6.07, 6.45) is 5.67. The first-order valence-corrected chi connectivity index (χ1v) is 9.35. The molecule has 5 heteroatoms. The maximum absolute atomic E-state index is 12.9. The number of nitrogens with one attached hydrogen (secondary N) is 3. The average molecular weight is 361 g/mol. The van der Waals surface area contributed by atoms with Gasteiger partial charge >= 0.3 is 0 Å². The number of H-pyrrole nitrogens is 1. The number of rotatable bonds is 5. The molecule has 2 amide bonds. The molecule has 138 valence electrons. The van der Waals surface area contributed by atoms with E-state index in [0.29, 0.717) is 6.42 Å². The average Bonchev–Trinajstić information content (AvgIpc) is 3.27. The van der Waals surface area contributed by atoms with Crippen molar-refractivity contribution in [3.8, 4) is 0 Å². The highest BCUT2D eigenvalue weighted by atomic mass is 16.2. The monoisotopic (exact) mass is 361 g/mol. The number of aromatic amines is 1. The number of carbonyl (C=O) groups excluding carboxylic acids is 2. The lowest BCUT2D eigenvalue weighted by atomic mass is 10.0. The molecular weight excluding hydrogens is 338 g/mol. The molecule has 1 heterocycles. The van der Waals surface area contributed by atoms with Crippen molar-refractivity contribution in [2.75, 3.05) is 5.32 Å². The fourth-order valence-electron chi connectivity index (χ4n) is 3.85. The predicted octanol–water partition coefficient (Wildman–Crippen LogP) is 3.34. The van der Waals surface area contributed by atoms with E-state index in [2.05, 4.69) is 27.8 Å².